The number of ether oxygens (including phenoxy) is 1. The molecule has 6 heteroatoms. The molecule has 2 aromatic rings. The molecule has 1 aliphatic heterocycles. The van der Waals surface area contributed by atoms with Crippen LogP contribution in [0, 0.1) is 19.8 Å². The van der Waals surface area contributed by atoms with Crippen molar-refractivity contribution in [3.8, 4) is 5.75 Å². The van der Waals surface area contributed by atoms with Gasteiger partial charge in [-0.2, -0.15) is 0 Å². The second-order valence-corrected chi connectivity index (χ2v) is 10.9. The van der Waals surface area contributed by atoms with Crippen molar-refractivity contribution in [1.29, 1.82) is 0 Å². The minimum absolute atomic E-state index is 0.0987. The number of fused-ring (bicyclic) bond motifs is 1. The first-order valence-corrected chi connectivity index (χ1v) is 12.8. The highest BCUT2D eigenvalue weighted by Gasteiger charge is 2.35. The highest BCUT2D eigenvalue weighted by atomic mass is 32.1. The Morgan fingerprint density at radius 3 is 2.85 bits per heavy atom. The number of thiophene rings is 1. The number of benzene rings is 1. The summed E-state index contributed by atoms with van der Waals surface area (Å²) in [4.78, 5) is 19.0. The minimum atomic E-state index is -1.01. The molecular weight excluding hydrogens is 432 g/mol. The summed E-state index contributed by atoms with van der Waals surface area (Å²) in [6.07, 6.45) is 4.85. The van der Waals surface area contributed by atoms with Gasteiger partial charge >= 0.3 is 0 Å². The first-order chi connectivity index (χ1) is 15.8. The lowest BCUT2D eigenvalue weighted by atomic mass is 10.00. The lowest BCUT2D eigenvalue weighted by Crippen LogP contribution is -2.49. The number of aryl methyl sites for hydroxylation is 2. The molecule has 1 amide bonds. The van der Waals surface area contributed by atoms with Crippen LogP contribution < -0.4 is 4.74 Å². The Balaban J connectivity index is 1.49. The average Bonchev–Trinajstić information content (AvgIpc) is 3.44. The van der Waals surface area contributed by atoms with Gasteiger partial charge in [-0.25, -0.2) is 0 Å². The van der Waals surface area contributed by atoms with Gasteiger partial charge in [0.05, 0.1) is 18.2 Å². The fraction of sp³-hybridized carbons (Fsp3) is 0.519. The van der Waals surface area contributed by atoms with Gasteiger partial charge in [-0.3, -0.25) is 9.69 Å². The number of carbonyl (C=O) groups excluding carboxylic acids is 1. The van der Waals surface area contributed by atoms with Crippen LogP contribution in [0.15, 0.2) is 42.3 Å². The summed E-state index contributed by atoms with van der Waals surface area (Å²) < 4.78 is 6.26. The van der Waals surface area contributed by atoms with Crippen molar-refractivity contribution in [2.24, 2.45) is 5.92 Å². The van der Waals surface area contributed by atoms with Crippen LogP contribution in [-0.2, 0) is 11.2 Å². The van der Waals surface area contributed by atoms with Gasteiger partial charge in [0.1, 0.15) is 12.4 Å². The van der Waals surface area contributed by atoms with Crippen molar-refractivity contribution in [3.05, 3.63) is 63.9 Å². The molecule has 0 spiro atoms. The maximum atomic E-state index is 13.6. The molecule has 2 heterocycles. The molecule has 4 rings (SSSR count). The monoisotopic (exact) mass is 468 g/mol. The molecule has 0 unspecified atom stereocenters. The van der Waals surface area contributed by atoms with E-state index in [0.717, 1.165) is 24.3 Å². The largest absolute Gasteiger partial charge is 0.491 e. The number of hydrogen-bond donors (Lipinski definition) is 1. The van der Waals surface area contributed by atoms with Gasteiger partial charge in [0, 0.05) is 24.5 Å². The molecule has 0 bridgehead atoms. The average molecular weight is 469 g/mol. The third kappa shape index (κ3) is 6.05. The Labute approximate surface area is 201 Å². The van der Waals surface area contributed by atoms with Crippen LogP contribution in [0.4, 0.5) is 0 Å². The maximum absolute atomic E-state index is 13.6. The molecule has 5 nitrogen and oxygen atoms in total. The van der Waals surface area contributed by atoms with Crippen LogP contribution in [0.1, 0.15) is 47.4 Å². The van der Waals surface area contributed by atoms with Gasteiger partial charge in [0.25, 0.3) is 0 Å². The van der Waals surface area contributed by atoms with Crippen LogP contribution in [-0.4, -0.2) is 59.2 Å². The van der Waals surface area contributed by atoms with Gasteiger partial charge < -0.3 is 14.7 Å². The zero-order chi connectivity index (χ0) is 23.6. The van der Waals surface area contributed by atoms with E-state index in [1.807, 2.05) is 11.0 Å². The topological polar surface area (TPSA) is 53.0 Å². The fourth-order valence-corrected chi connectivity index (χ4v) is 5.58. The number of rotatable bonds is 10. The van der Waals surface area contributed by atoms with E-state index in [4.69, 9.17) is 4.74 Å². The Hall–Kier alpha value is -2.15. The molecule has 0 radical (unpaired) electrons. The standard InChI is InChI=1S/C27H36N2O3S/c1-5-27(4,31)18-28(15-21-7-8-21)16-26(30)29-12-10-25-22(11-13-33-25)23(29)17-32-24-9-6-19(2)14-20(24)3/h5-6,9,11,13-14,21,23,31H,1,7-8,10,12,15-18H2,2-4H3/t23-,27+/m1/s1. The van der Waals surface area contributed by atoms with Crippen molar-refractivity contribution in [2.75, 3.05) is 32.8 Å². The molecule has 1 N–H and O–H groups in total. The molecule has 1 aromatic carbocycles. The van der Waals surface area contributed by atoms with Crippen molar-refractivity contribution >= 4 is 17.2 Å². The van der Waals surface area contributed by atoms with Crippen molar-refractivity contribution in [2.45, 2.75) is 51.7 Å². The van der Waals surface area contributed by atoms with Gasteiger partial charge in [-0.1, -0.05) is 23.8 Å². The molecule has 1 aliphatic carbocycles. The van der Waals surface area contributed by atoms with E-state index in [1.165, 1.54) is 28.8 Å². The van der Waals surface area contributed by atoms with E-state index in [0.29, 0.717) is 32.2 Å². The van der Waals surface area contributed by atoms with E-state index >= 15 is 0 Å². The van der Waals surface area contributed by atoms with E-state index in [9.17, 15) is 9.90 Å². The Kier molecular flexibility index (Phi) is 7.27. The number of hydrogen-bond acceptors (Lipinski definition) is 5. The quantitative estimate of drug-likeness (QED) is 0.521. The lowest BCUT2D eigenvalue weighted by Gasteiger charge is -2.38. The van der Waals surface area contributed by atoms with E-state index in [2.05, 4.69) is 48.9 Å². The van der Waals surface area contributed by atoms with E-state index < -0.39 is 5.60 Å². The third-order valence-corrected chi connectivity index (χ3v) is 7.69. The second kappa shape index (κ2) is 10.00. The predicted molar refractivity (Wildman–Crippen MR) is 134 cm³/mol. The van der Waals surface area contributed by atoms with Gasteiger partial charge in [0.2, 0.25) is 5.91 Å². The molecular formula is C27H36N2O3S. The third-order valence-electron chi connectivity index (χ3n) is 6.70. The van der Waals surface area contributed by atoms with Crippen LogP contribution in [0.3, 0.4) is 0 Å². The fourth-order valence-electron chi connectivity index (χ4n) is 4.65. The minimum Gasteiger partial charge on any atom is -0.491 e. The summed E-state index contributed by atoms with van der Waals surface area (Å²) in [6, 6.07) is 8.23. The van der Waals surface area contributed by atoms with Crippen LogP contribution >= 0.6 is 11.3 Å². The highest BCUT2D eigenvalue weighted by molar-refractivity contribution is 7.10. The summed E-state index contributed by atoms with van der Waals surface area (Å²) in [7, 11) is 0. The molecule has 2 atom stereocenters. The lowest BCUT2D eigenvalue weighted by molar-refractivity contribution is -0.136. The van der Waals surface area contributed by atoms with Crippen LogP contribution in [0.5, 0.6) is 5.75 Å². The van der Waals surface area contributed by atoms with Crippen molar-refractivity contribution < 1.29 is 14.6 Å². The van der Waals surface area contributed by atoms with Gasteiger partial charge in [-0.15, -0.1) is 17.9 Å². The number of aliphatic hydroxyl groups is 1. The highest BCUT2D eigenvalue weighted by Crippen LogP contribution is 2.35. The predicted octanol–water partition coefficient (Wildman–Crippen LogP) is 4.52. The Bertz CT molecular complexity index is 995. The van der Waals surface area contributed by atoms with Crippen LogP contribution in [0.2, 0.25) is 0 Å². The SMILES string of the molecule is C=C[C@](C)(O)CN(CC(=O)N1CCc2sccc2[C@H]1COc1ccc(C)cc1C)CC1CC1. The van der Waals surface area contributed by atoms with E-state index in [-0.39, 0.29) is 11.9 Å². The van der Waals surface area contributed by atoms with Crippen LogP contribution in [0.25, 0.3) is 0 Å². The van der Waals surface area contributed by atoms with E-state index in [1.54, 1.807) is 24.3 Å². The number of amides is 1. The van der Waals surface area contributed by atoms with Crippen molar-refractivity contribution in [3.63, 3.8) is 0 Å². The smallest absolute Gasteiger partial charge is 0.237 e. The van der Waals surface area contributed by atoms with Gasteiger partial charge in [-0.05, 0) is 74.6 Å². The molecule has 1 saturated carbocycles. The number of nitrogens with zero attached hydrogens (tertiary/aromatic N) is 2. The normalized spacial score (nSPS) is 19.8. The molecule has 0 saturated heterocycles. The zero-order valence-corrected chi connectivity index (χ0v) is 20.9. The maximum Gasteiger partial charge on any atom is 0.237 e. The summed E-state index contributed by atoms with van der Waals surface area (Å²) in [5.74, 6) is 1.60. The molecule has 178 valence electrons. The zero-order valence-electron chi connectivity index (χ0n) is 20.0. The molecule has 2 aliphatic rings. The van der Waals surface area contributed by atoms with Gasteiger partial charge in [0.15, 0.2) is 0 Å². The second-order valence-electron chi connectivity index (χ2n) is 9.91. The summed E-state index contributed by atoms with van der Waals surface area (Å²) in [6.45, 7) is 12.3. The number of carbonyl (C=O) groups is 1. The first-order valence-electron chi connectivity index (χ1n) is 11.9. The summed E-state index contributed by atoms with van der Waals surface area (Å²) in [5.41, 5.74) is 2.51. The summed E-state index contributed by atoms with van der Waals surface area (Å²) in [5, 5.41) is 12.7. The molecule has 1 aromatic heterocycles. The van der Waals surface area contributed by atoms with Crippen molar-refractivity contribution in [1.82, 2.24) is 9.80 Å². The molecule has 33 heavy (non-hydrogen) atoms. The Morgan fingerprint density at radius 2 is 2.15 bits per heavy atom. The molecule has 1 fully saturated rings. The summed E-state index contributed by atoms with van der Waals surface area (Å²) >= 11 is 1.76. The first kappa shape index (κ1) is 24.0. The Morgan fingerprint density at radius 1 is 1.36 bits per heavy atom.